The maximum atomic E-state index is 6.82. The molecule has 0 amide bonds. The quantitative estimate of drug-likeness (QED) is 0.132. The van der Waals surface area contributed by atoms with Crippen LogP contribution in [0.3, 0.4) is 0 Å². The van der Waals surface area contributed by atoms with Crippen LogP contribution in [0.1, 0.15) is 123 Å². The largest absolute Gasteiger partial charge is 0.325 e. The molecule has 0 radical (unpaired) electrons. The normalized spacial score (nSPS) is 12.0. The van der Waals surface area contributed by atoms with E-state index in [1.54, 1.807) is 0 Å². The maximum Gasteiger partial charge on any atom is 0.0154 e. The summed E-state index contributed by atoms with van der Waals surface area (Å²) < 4.78 is 1.28. The van der Waals surface area contributed by atoms with Crippen LogP contribution >= 0.6 is 22.6 Å². The molecule has 0 aromatic carbocycles. The van der Waals surface area contributed by atoms with Crippen LogP contribution in [0, 0.1) is 0 Å². The molecule has 0 atom stereocenters. The molecule has 0 spiro atoms. The van der Waals surface area contributed by atoms with Gasteiger partial charge in [0.2, 0.25) is 0 Å². The van der Waals surface area contributed by atoms with Gasteiger partial charge in [-0.1, -0.05) is 120 Å². The zero-order chi connectivity index (χ0) is 17.2. The number of hydrogen-bond donors (Lipinski definition) is 1. The number of alkyl halides is 1. The van der Waals surface area contributed by atoms with Crippen LogP contribution in [0.4, 0.5) is 0 Å². The van der Waals surface area contributed by atoms with Gasteiger partial charge in [0.15, 0.2) is 0 Å². The molecule has 0 aromatic rings. The fourth-order valence-corrected chi connectivity index (χ4v) is 4.00. The molecule has 0 saturated carbocycles. The van der Waals surface area contributed by atoms with Crippen LogP contribution < -0.4 is 5.73 Å². The minimum atomic E-state index is 0.140. The molecular weight excluding hydrogens is 393 g/mol. The Morgan fingerprint density at radius 1 is 0.565 bits per heavy atom. The van der Waals surface area contributed by atoms with Crippen molar-refractivity contribution >= 4 is 22.6 Å². The van der Waals surface area contributed by atoms with Crippen LogP contribution in [-0.4, -0.2) is 9.97 Å². The van der Waals surface area contributed by atoms with Crippen molar-refractivity contribution in [1.29, 1.82) is 0 Å². The number of halogens is 1. The van der Waals surface area contributed by atoms with E-state index in [1.165, 1.54) is 114 Å². The first-order chi connectivity index (χ1) is 11.2. The summed E-state index contributed by atoms with van der Waals surface area (Å²) in [6.45, 7) is 4.58. The predicted octanol–water partition coefficient (Wildman–Crippen LogP) is 7.79. The molecule has 0 aliphatic carbocycles. The van der Waals surface area contributed by atoms with Crippen molar-refractivity contribution in [3.63, 3.8) is 0 Å². The summed E-state index contributed by atoms with van der Waals surface area (Å²) in [5.41, 5.74) is 6.96. The number of rotatable bonds is 18. The minimum Gasteiger partial charge on any atom is -0.325 e. The highest BCUT2D eigenvalue weighted by Gasteiger charge is 2.23. The van der Waals surface area contributed by atoms with Gasteiger partial charge in [0.1, 0.15) is 0 Å². The summed E-state index contributed by atoms with van der Waals surface area (Å²) in [5, 5.41) is 0. The first-order valence-corrected chi connectivity index (χ1v) is 12.1. The Bertz CT molecular complexity index is 214. The molecule has 0 aliphatic rings. The van der Waals surface area contributed by atoms with E-state index in [9.17, 15) is 0 Å². The Morgan fingerprint density at radius 3 is 1.30 bits per heavy atom. The van der Waals surface area contributed by atoms with Gasteiger partial charge in [0, 0.05) is 5.54 Å². The van der Waals surface area contributed by atoms with Crippen LogP contribution in [0.25, 0.3) is 0 Å². The van der Waals surface area contributed by atoms with E-state index in [1.807, 2.05) is 0 Å². The van der Waals surface area contributed by atoms with Crippen molar-refractivity contribution in [2.75, 3.05) is 4.43 Å². The summed E-state index contributed by atoms with van der Waals surface area (Å²) in [6, 6.07) is 0. The second-order valence-corrected chi connectivity index (χ2v) is 8.62. The van der Waals surface area contributed by atoms with E-state index in [-0.39, 0.29) is 5.54 Å². The maximum absolute atomic E-state index is 6.82. The summed E-state index contributed by atoms with van der Waals surface area (Å²) in [4.78, 5) is 0. The molecule has 23 heavy (non-hydrogen) atoms. The van der Waals surface area contributed by atoms with Crippen molar-refractivity contribution < 1.29 is 0 Å². The highest BCUT2D eigenvalue weighted by molar-refractivity contribution is 14.1. The van der Waals surface area contributed by atoms with Crippen molar-refractivity contribution in [2.45, 2.75) is 129 Å². The lowest BCUT2D eigenvalue weighted by Crippen LogP contribution is -2.39. The lowest BCUT2D eigenvalue weighted by Gasteiger charge is -2.30. The lowest BCUT2D eigenvalue weighted by molar-refractivity contribution is 0.306. The SMILES string of the molecule is CCCCCCCCC(N)(CCCCI)CCCCCCCC. The van der Waals surface area contributed by atoms with Gasteiger partial charge in [-0.05, 0) is 30.1 Å². The lowest BCUT2D eigenvalue weighted by atomic mass is 9.83. The van der Waals surface area contributed by atoms with Gasteiger partial charge in [-0.2, -0.15) is 0 Å². The first kappa shape index (κ1) is 23.7. The van der Waals surface area contributed by atoms with E-state index >= 15 is 0 Å². The molecule has 0 rings (SSSR count). The van der Waals surface area contributed by atoms with Crippen LogP contribution in [0.2, 0.25) is 0 Å². The Kier molecular flexibility index (Phi) is 18.0. The summed E-state index contributed by atoms with van der Waals surface area (Å²) in [6.07, 6.45) is 23.1. The fraction of sp³-hybridized carbons (Fsp3) is 1.00. The molecule has 0 aromatic heterocycles. The molecule has 0 heterocycles. The average Bonchev–Trinajstić information content (AvgIpc) is 2.54. The van der Waals surface area contributed by atoms with Crippen LogP contribution in [-0.2, 0) is 0 Å². The van der Waals surface area contributed by atoms with Crippen molar-refractivity contribution in [2.24, 2.45) is 5.73 Å². The van der Waals surface area contributed by atoms with Gasteiger partial charge in [-0.15, -0.1) is 0 Å². The molecule has 0 unspecified atom stereocenters. The smallest absolute Gasteiger partial charge is 0.0154 e. The molecule has 140 valence electrons. The summed E-state index contributed by atoms with van der Waals surface area (Å²) in [7, 11) is 0. The highest BCUT2D eigenvalue weighted by Crippen LogP contribution is 2.26. The standard InChI is InChI=1S/C21H44IN/c1-3-5-7-9-11-13-17-21(23,19-15-16-20-22)18-14-12-10-8-6-4-2/h3-20,23H2,1-2H3. The minimum absolute atomic E-state index is 0.140. The number of unbranched alkanes of at least 4 members (excludes halogenated alkanes) is 11. The van der Waals surface area contributed by atoms with E-state index in [0.29, 0.717) is 0 Å². The van der Waals surface area contributed by atoms with Crippen LogP contribution in [0.15, 0.2) is 0 Å². The molecule has 0 bridgehead atoms. The number of hydrogen-bond acceptors (Lipinski definition) is 1. The fourth-order valence-electron chi connectivity index (χ4n) is 3.46. The van der Waals surface area contributed by atoms with E-state index < -0.39 is 0 Å². The zero-order valence-electron chi connectivity index (χ0n) is 16.2. The van der Waals surface area contributed by atoms with Gasteiger partial charge >= 0.3 is 0 Å². The van der Waals surface area contributed by atoms with Gasteiger partial charge in [-0.3, -0.25) is 0 Å². The Labute approximate surface area is 161 Å². The summed E-state index contributed by atoms with van der Waals surface area (Å²) in [5.74, 6) is 0. The van der Waals surface area contributed by atoms with Gasteiger partial charge < -0.3 is 5.73 Å². The van der Waals surface area contributed by atoms with Gasteiger partial charge in [0.25, 0.3) is 0 Å². The summed E-state index contributed by atoms with van der Waals surface area (Å²) >= 11 is 2.49. The molecule has 0 saturated heterocycles. The van der Waals surface area contributed by atoms with E-state index in [2.05, 4.69) is 36.4 Å². The molecule has 0 fully saturated rings. The van der Waals surface area contributed by atoms with Gasteiger partial charge in [0.05, 0.1) is 0 Å². The second-order valence-electron chi connectivity index (χ2n) is 7.54. The molecular formula is C21H44IN. The highest BCUT2D eigenvalue weighted by atomic mass is 127. The van der Waals surface area contributed by atoms with Crippen molar-refractivity contribution in [3.8, 4) is 0 Å². The van der Waals surface area contributed by atoms with E-state index in [0.717, 1.165) is 0 Å². The Morgan fingerprint density at radius 2 is 0.913 bits per heavy atom. The second kappa shape index (κ2) is 17.5. The monoisotopic (exact) mass is 437 g/mol. The third-order valence-electron chi connectivity index (χ3n) is 5.11. The predicted molar refractivity (Wildman–Crippen MR) is 116 cm³/mol. The van der Waals surface area contributed by atoms with E-state index in [4.69, 9.17) is 5.73 Å². The Balaban J connectivity index is 3.93. The molecule has 1 nitrogen and oxygen atoms in total. The molecule has 2 heteroatoms. The number of nitrogens with two attached hydrogens (primary N) is 1. The topological polar surface area (TPSA) is 26.0 Å². The Hall–Kier alpha value is 0.690. The zero-order valence-corrected chi connectivity index (χ0v) is 18.3. The van der Waals surface area contributed by atoms with Crippen LogP contribution in [0.5, 0.6) is 0 Å². The van der Waals surface area contributed by atoms with Crippen molar-refractivity contribution in [1.82, 2.24) is 0 Å². The third kappa shape index (κ3) is 15.9. The molecule has 0 aliphatic heterocycles. The van der Waals surface area contributed by atoms with Gasteiger partial charge in [-0.25, -0.2) is 0 Å². The third-order valence-corrected chi connectivity index (χ3v) is 5.88. The first-order valence-electron chi connectivity index (χ1n) is 10.5. The average molecular weight is 437 g/mol. The molecule has 2 N–H and O–H groups in total. The van der Waals surface area contributed by atoms with Crippen molar-refractivity contribution in [3.05, 3.63) is 0 Å².